The topological polar surface area (TPSA) is 76.9 Å². The fourth-order valence-electron chi connectivity index (χ4n) is 1.20. The van der Waals surface area contributed by atoms with E-state index in [1.54, 1.807) is 6.07 Å². The highest BCUT2D eigenvalue weighted by atomic mass is 32.1. The second kappa shape index (κ2) is 7.50. The number of nitrogens with zero attached hydrogens (tertiary/aromatic N) is 1. The van der Waals surface area contributed by atoms with Crippen LogP contribution in [0.25, 0.3) is 0 Å². The van der Waals surface area contributed by atoms with Gasteiger partial charge in [0.1, 0.15) is 0 Å². The molecule has 1 rings (SSSR count). The van der Waals surface area contributed by atoms with Gasteiger partial charge in [0.15, 0.2) is 16.6 Å². The summed E-state index contributed by atoms with van der Waals surface area (Å²) in [6.45, 7) is 2.92. The van der Waals surface area contributed by atoms with Gasteiger partial charge in [0.05, 0.1) is 6.21 Å². The summed E-state index contributed by atoms with van der Waals surface area (Å²) in [6.07, 6.45) is 3.66. The molecule has 0 fully saturated rings. The van der Waals surface area contributed by atoms with E-state index in [9.17, 15) is 5.11 Å². The van der Waals surface area contributed by atoms with Gasteiger partial charge < -0.3 is 15.5 Å². The maximum Gasteiger partial charge on any atom is 0.186 e. The van der Waals surface area contributed by atoms with Crippen LogP contribution in [0.4, 0.5) is 0 Å². The fourth-order valence-corrected chi connectivity index (χ4v) is 1.36. The molecule has 0 unspecified atom stereocenters. The first kappa shape index (κ1) is 14.2. The lowest BCUT2D eigenvalue weighted by Crippen LogP contribution is -2.32. The van der Waals surface area contributed by atoms with Gasteiger partial charge in [-0.1, -0.05) is 13.3 Å². The minimum Gasteiger partial charge on any atom is -0.504 e. The zero-order chi connectivity index (χ0) is 13.4. The van der Waals surface area contributed by atoms with Crippen molar-refractivity contribution in [2.45, 2.75) is 19.8 Å². The first-order valence-corrected chi connectivity index (χ1v) is 6.13. The molecule has 0 aromatic heterocycles. The third kappa shape index (κ3) is 5.01. The van der Waals surface area contributed by atoms with Crippen LogP contribution in [0.2, 0.25) is 0 Å². The highest BCUT2D eigenvalue weighted by Crippen LogP contribution is 2.23. The SMILES string of the molecule is CCCCNC(=S)N/N=C/c1ccc(O)c(O)c1. The van der Waals surface area contributed by atoms with Crippen LogP contribution < -0.4 is 10.7 Å². The molecule has 1 aromatic carbocycles. The minimum atomic E-state index is -0.178. The average molecular weight is 267 g/mol. The lowest BCUT2D eigenvalue weighted by atomic mass is 10.2. The van der Waals surface area contributed by atoms with E-state index in [0.717, 1.165) is 19.4 Å². The summed E-state index contributed by atoms with van der Waals surface area (Å²) in [6, 6.07) is 4.44. The van der Waals surface area contributed by atoms with E-state index in [4.69, 9.17) is 17.3 Å². The monoisotopic (exact) mass is 267 g/mol. The summed E-state index contributed by atoms with van der Waals surface area (Å²) in [5, 5.41) is 25.8. The average Bonchev–Trinajstić information content (AvgIpc) is 2.34. The second-order valence-corrected chi connectivity index (χ2v) is 4.14. The van der Waals surface area contributed by atoms with Gasteiger partial charge in [0.25, 0.3) is 0 Å². The quantitative estimate of drug-likeness (QED) is 0.215. The van der Waals surface area contributed by atoms with E-state index < -0.39 is 0 Å². The van der Waals surface area contributed by atoms with Crippen LogP contribution in [0.15, 0.2) is 23.3 Å². The molecule has 0 heterocycles. The van der Waals surface area contributed by atoms with Crippen molar-refractivity contribution >= 4 is 23.5 Å². The van der Waals surface area contributed by atoms with Gasteiger partial charge >= 0.3 is 0 Å². The van der Waals surface area contributed by atoms with Gasteiger partial charge in [0.2, 0.25) is 0 Å². The van der Waals surface area contributed by atoms with Crippen molar-refractivity contribution in [3.05, 3.63) is 23.8 Å². The lowest BCUT2D eigenvalue weighted by molar-refractivity contribution is 0.403. The number of unbranched alkanes of at least 4 members (excludes halogenated alkanes) is 1. The first-order chi connectivity index (χ1) is 8.63. The molecule has 98 valence electrons. The van der Waals surface area contributed by atoms with E-state index in [2.05, 4.69) is 22.8 Å². The molecule has 5 nitrogen and oxygen atoms in total. The zero-order valence-corrected chi connectivity index (χ0v) is 11.0. The molecule has 0 radical (unpaired) electrons. The van der Waals surface area contributed by atoms with Gasteiger partial charge in [-0.05, 0) is 42.4 Å². The molecule has 1 aromatic rings. The molecule has 0 saturated heterocycles. The summed E-state index contributed by atoms with van der Waals surface area (Å²) in [5.74, 6) is -0.334. The molecule has 6 heteroatoms. The van der Waals surface area contributed by atoms with Crippen molar-refractivity contribution < 1.29 is 10.2 Å². The maximum absolute atomic E-state index is 9.28. The van der Waals surface area contributed by atoms with E-state index in [1.165, 1.54) is 18.3 Å². The second-order valence-electron chi connectivity index (χ2n) is 3.73. The summed E-state index contributed by atoms with van der Waals surface area (Å²) in [5.41, 5.74) is 3.33. The Bertz CT molecular complexity index is 435. The van der Waals surface area contributed by atoms with Crippen LogP contribution in [-0.2, 0) is 0 Å². The van der Waals surface area contributed by atoms with Gasteiger partial charge in [-0.3, -0.25) is 5.43 Å². The van der Waals surface area contributed by atoms with E-state index >= 15 is 0 Å². The molecule has 0 aliphatic carbocycles. The molecule has 0 saturated carbocycles. The largest absolute Gasteiger partial charge is 0.504 e. The molecule has 0 aliphatic heterocycles. The Morgan fingerprint density at radius 2 is 2.17 bits per heavy atom. The number of phenolic OH excluding ortho intramolecular Hbond substituents is 2. The summed E-state index contributed by atoms with van der Waals surface area (Å²) in [7, 11) is 0. The van der Waals surface area contributed by atoms with Crippen LogP contribution >= 0.6 is 12.2 Å². The molecule has 0 amide bonds. The third-order valence-electron chi connectivity index (χ3n) is 2.20. The minimum absolute atomic E-state index is 0.156. The van der Waals surface area contributed by atoms with Gasteiger partial charge in [-0.25, -0.2) is 0 Å². The van der Waals surface area contributed by atoms with Crippen LogP contribution in [0.1, 0.15) is 25.3 Å². The molecule has 4 N–H and O–H groups in total. The normalized spacial score (nSPS) is 10.5. The molecular formula is C12H17N3O2S. The number of rotatable bonds is 5. The summed E-state index contributed by atoms with van der Waals surface area (Å²) < 4.78 is 0. The predicted octanol–water partition coefficient (Wildman–Crippen LogP) is 1.70. The fraction of sp³-hybridized carbons (Fsp3) is 0.333. The van der Waals surface area contributed by atoms with Crippen LogP contribution in [0, 0.1) is 0 Å². The Morgan fingerprint density at radius 1 is 1.39 bits per heavy atom. The predicted molar refractivity (Wildman–Crippen MR) is 76.0 cm³/mol. The number of aromatic hydroxyl groups is 2. The maximum atomic E-state index is 9.28. The van der Waals surface area contributed by atoms with Crippen LogP contribution in [-0.4, -0.2) is 28.1 Å². The van der Waals surface area contributed by atoms with Crippen molar-refractivity contribution in [2.24, 2.45) is 5.10 Å². The van der Waals surface area contributed by atoms with Gasteiger partial charge in [-0.15, -0.1) is 0 Å². The standard InChI is InChI=1S/C12H17N3O2S/c1-2-3-6-13-12(18)15-14-8-9-4-5-10(16)11(17)7-9/h4-5,7-8,16-17H,2-3,6H2,1H3,(H2,13,15,18)/b14-8+. The Kier molecular flexibility index (Phi) is 5.93. The van der Waals surface area contributed by atoms with E-state index in [0.29, 0.717) is 10.7 Å². The van der Waals surface area contributed by atoms with Gasteiger partial charge in [0, 0.05) is 6.54 Å². The number of benzene rings is 1. The molecule has 0 atom stereocenters. The number of phenols is 2. The molecule has 0 aliphatic rings. The summed E-state index contributed by atoms with van der Waals surface area (Å²) in [4.78, 5) is 0. The Hall–Kier alpha value is -1.82. The van der Waals surface area contributed by atoms with Crippen molar-refractivity contribution in [3.8, 4) is 11.5 Å². The zero-order valence-electron chi connectivity index (χ0n) is 10.2. The van der Waals surface area contributed by atoms with Crippen molar-refractivity contribution in [3.63, 3.8) is 0 Å². The van der Waals surface area contributed by atoms with Crippen LogP contribution in [0.5, 0.6) is 11.5 Å². The molecule has 18 heavy (non-hydrogen) atoms. The summed E-state index contributed by atoms with van der Waals surface area (Å²) >= 11 is 5.00. The number of thiocarbonyl (C=S) groups is 1. The van der Waals surface area contributed by atoms with Crippen molar-refractivity contribution in [1.82, 2.24) is 10.7 Å². The Morgan fingerprint density at radius 3 is 2.83 bits per heavy atom. The number of hydrazone groups is 1. The van der Waals surface area contributed by atoms with Crippen molar-refractivity contribution in [2.75, 3.05) is 6.54 Å². The van der Waals surface area contributed by atoms with Crippen molar-refractivity contribution in [1.29, 1.82) is 0 Å². The number of hydrogen-bond acceptors (Lipinski definition) is 4. The first-order valence-electron chi connectivity index (χ1n) is 5.72. The Balaban J connectivity index is 2.40. The number of nitrogens with one attached hydrogen (secondary N) is 2. The van der Waals surface area contributed by atoms with E-state index in [1.807, 2.05) is 0 Å². The molecule has 0 spiro atoms. The third-order valence-corrected chi connectivity index (χ3v) is 2.43. The highest BCUT2D eigenvalue weighted by molar-refractivity contribution is 7.80. The smallest absolute Gasteiger partial charge is 0.186 e. The van der Waals surface area contributed by atoms with Gasteiger partial charge in [-0.2, -0.15) is 5.10 Å². The van der Waals surface area contributed by atoms with E-state index in [-0.39, 0.29) is 11.5 Å². The Labute approximate surface area is 112 Å². The van der Waals surface area contributed by atoms with Crippen LogP contribution in [0.3, 0.4) is 0 Å². The number of hydrogen-bond donors (Lipinski definition) is 4. The molecular weight excluding hydrogens is 250 g/mol. The lowest BCUT2D eigenvalue weighted by Gasteiger charge is -2.05. The molecule has 0 bridgehead atoms. The highest BCUT2D eigenvalue weighted by Gasteiger charge is 1.98.